The molecule has 3 nitrogen and oxygen atoms in total. The van der Waals surface area contributed by atoms with Gasteiger partial charge in [0.15, 0.2) is 0 Å². The Morgan fingerprint density at radius 1 is 1.00 bits per heavy atom. The molecule has 0 aromatic rings. The smallest absolute Gasteiger partial charge is 0.429 e. The van der Waals surface area contributed by atoms with Gasteiger partial charge in [0.05, 0.1) is 11.8 Å². The second-order valence-electron chi connectivity index (χ2n) is 4.55. The molecule has 2 aliphatic carbocycles. The summed E-state index contributed by atoms with van der Waals surface area (Å²) in [5.41, 5.74) is 0. The summed E-state index contributed by atoms with van der Waals surface area (Å²) < 4.78 is 10.4. The van der Waals surface area contributed by atoms with Crippen LogP contribution in [0.15, 0.2) is 0 Å². The van der Waals surface area contributed by atoms with Gasteiger partial charge in [0.25, 0.3) is 0 Å². The van der Waals surface area contributed by atoms with E-state index < -0.39 is 6.16 Å². The maximum Gasteiger partial charge on any atom is 0.508 e. The van der Waals surface area contributed by atoms with Crippen molar-refractivity contribution in [3.05, 3.63) is 0 Å². The molecule has 0 saturated heterocycles. The maximum absolute atomic E-state index is 11.5. The SMILES string of the molecule is O=C(OC(CCl)C1CC1)OC(CCl)C1CC1. The lowest BCUT2D eigenvalue weighted by Crippen LogP contribution is -2.27. The number of carbonyl (C=O) groups is 1. The Labute approximate surface area is 105 Å². The van der Waals surface area contributed by atoms with Crippen molar-refractivity contribution in [3.63, 3.8) is 0 Å². The van der Waals surface area contributed by atoms with Crippen LogP contribution in [0.5, 0.6) is 0 Å². The van der Waals surface area contributed by atoms with Crippen LogP contribution in [-0.4, -0.2) is 30.1 Å². The third-order valence-corrected chi connectivity index (χ3v) is 3.70. The van der Waals surface area contributed by atoms with Crippen molar-refractivity contribution < 1.29 is 14.3 Å². The lowest BCUT2D eigenvalue weighted by molar-refractivity contribution is -0.00132. The highest BCUT2D eigenvalue weighted by molar-refractivity contribution is 6.18. The van der Waals surface area contributed by atoms with Crippen LogP contribution in [0.3, 0.4) is 0 Å². The molecule has 16 heavy (non-hydrogen) atoms. The molecule has 0 N–H and O–H groups in total. The molecule has 2 rings (SSSR count). The van der Waals surface area contributed by atoms with Gasteiger partial charge in [0.2, 0.25) is 0 Å². The molecule has 0 aromatic heterocycles. The summed E-state index contributed by atoms with van der Waals surface area (Å²) in [6, 6.07) is 0. The molecule has 0 heterocycles. The molecule has 0 aromatic carbocycles. The zero-order valence-corrected chi connectivity index (χ0v) is 10.5. The maximum atomic E-state index is 11.5. The van der Waals surface area contributed by atoms with Crippen LogP contribution in [0.25, 0.3) is 0 Å². The zero-order valence-electron chi connectivity index (χ0n) is 9.03. The van der Waals surface area contributed by atoms with E-state index in [-0.39, 0.29) is 12.2 Å². The van der Waals surface area contributed by atoms with Crippen molar-refractivity contribution in [3.8, 4) is 0 Å². The molecule has 2 unspecified atom stereocenters. The van der Waals surface area contributed by atoms with Gasteiger partial charge in [-0.1, -0.05) is 0 Å². The molecular formula is C11H16Cl2O3. The second-order valence-corrected chi connectivity index (χ2v) is 5.16. The minimum absolute atomic E-state index is 0.190. The van der Waals surface area contributed by atoms with E-state index in [9.17, 15) is 4.79 Å². The Balaban J connectivity index is 1.73. The van der Waals surface area contributed by atoms with Crippen molar-refractivity contribution in [1.82, 2.24) is 0 Å². The van der Waals surface area contributed by atoms with Crippen LogP contribution < -0.4 is 0 Å². The minimum Gasteiger partial charge on any atom is -0.429 e. The molecule has 0 bridgehead atoms. The lowest BCUT2D eigenvalue weighted by atomic mass is 10.2. The number of carbonyl (C=O) groups excluding carboxylic acids is 1. The van der Waals surface area contributed by atoms with Gasteiger partial charge in [-0.05, 0) is 37.5 Å². The summed E-state index contributed by atoms with van der Waals surface area (Å²) in [5.74, 6) is 1.55. The number of halogens is 2. The quantitative estimate of drug-likeness (QED) is 0.547. The molecule has 2 saturated carbocycles. The average Bonchev–Trinajstić information content (AvgIpc) is 3.14. The first-order valence-electron chi connectivity index (χ1n) is 5.73. The van der Waals surface area contributed by atoms with Gasteiger partial charge in [-0.25, -0.2) is 4.79 Å². The fraction of sp³-hybridized carbons (Fsp3) is 0.909. The molecular weight excluding hydrogens is 251 g/mol. The molecule has 2 aliphatic rings. The van der Waals surface area contributed by atoms with Crippen LogP contribution in [0, 0.1) is 11.8 Å². The molecule has 2 atom stereocenters. The Kier molecular flexibility index (Phi) is 4.20. The number of rotatable bonds is 6. The van der Waals surface area contributed by atoms with Crippen LogP contribution in [0.1, 0.15) is 25.7 Å². The molecule has 0 aliphatic heterocycles. The van der Waals surface area contributed by atoms with E-state index in [1.807, 2.05) is 0 Å². The fourth-order valence-electron chi connectivity index (χ4n) is 1.72. The van der Waals surface area contributed by atoms with E-state index in [1.165, 1.54) is 0 Å². The van der Waals surface area contributed by atoms with E-state index in [0.29, 0.717) is 23.6 Å². The van der Waals surface area contributed by atoms with Crippen molar-refractivity contribution in [2.75, 3.05) is 11.8 Å². The Morgan fingerprint density at radius 2 is 1.38 bits per heavy atom. The van der Waals surface area contributed by atoms with Crippen molar-refractivity contribution in [1.29, 1.82) is 0 Å². The van der Waals surface area contributed by atoms with Gasteiger partial charge in [-0.15, -0.1) is 23.2 Å². The normalized spacial score (nSPS) is 23.6. The number of alkyl halides is 2. The first-order valence-corrected chi connectivity index (χ1v) is 6.80. The average molecular weight is 267 g/mol. The standard InChI is InChI=1S/C11H16Cl2O3/c12-5-9(7-1-2-7)15-11(14)16-10(6-13)8-3-4-8/h7-10H,1-6H2. The van der Waals surface area contributed by atoms with Crippen LogP contribution in [0.2, 0.25) is 0 Å². The van der Waals surface area contributed by atoms with E-state index in [4.69, 9.17) is 32.7 Å². The lowest BCUT2D eigenvalue weighted by Gasteiger charge is -2.18. The van der Waals surface area contributed by atoms with Gasteiger partial charge >= 0.3 is 6.16 Å². The molecule has 0 spiro atoms. The topological polar surface area (TPSA) is 35.5 Å². The largest absolute Gasteiger partial charge is 0.508 e. The fourth-order valence-corrected chi connectivity index (χ4v) is 2.35. The summed E-state index contributed by atoms with van der Waals surface area (Å²) in [6.07, 6.45) is 3.36. The van der Waals surface area contributed by atoms with E-state index in [0.717, 1.165) is 25.7 Å². The van der Waals surface area contributed by atoms with Gasteiger partial charge in [0.1, 0.15) is 12.2 Å². The molecule has 0 radical (unpaired) electrons. The van der Waals surface area contributed by atoms with Gasteiger partial charge in [-0.3, -0.25) is 0 Å². The van der Waals surface area contributed by atoms with Gasteiger partial charge in [0, 0.05) is 0 Å². The first-order chi connectivity index (χ1) is 7.74. The molecule has 92 valence electrons. The monoisotopic (exact) mass is 266 g/mol. The van der Waals surface area contributed by atoms with Gasteiger partial charge < -0.3 is 9.47 Å². The van der Waals surface area contributed by atoms with Gasteiger partial charge in [-0.2, -0.15) is 0 Å². The number of hydrogen-bond donors (Lipinski definition) is 0. The van der Waals surface area contributed by atoms with Crippen molar-refractivity contribution in [2.45, 2.75) is 37.9 Å². The number of ether oxygens (including phenoxy) is 2. The highest BCUT2D eigenvalue weighted by Crippen LogP contribution is 2.37. The zero-order chi connectivity index (χ0) is 11.5. The Morgan fingerprint density at radius 3 is 1.62 bits per heavy atom. The van der Waals surface area contributed by atoms with Crippen molar-refractivity contribution in [2.24, 2.45) is 11.8 Å². The van der Waals surface area contributed by atoms with E-state index in [2.05, 4.69) is 0 Å². The van der Waals surface area contributed by atoms with Crippen molar-refractivity contribution >= 4 is 29.4 Å². The molecule has 2 fully saturated rings. The van der Waals surface area contributed by atoms with E-state index in [1.54, 1.807) is 0 Å². The summed E-state index contributed by atoms with van der Waals surface area (Å²) in [7, 11) is 0. The third-order valence-electron chi connectivity index (χ3n) is 3.09. The predicted molar refractivity (Wildman–Crippen MR) is 62.0 cm³/mol. The Bertz CT molecular complexity index is 228. The highest BCUT2D eigenvalue weighted by Gasteiger charge is 2.37. The first kappa shape index (κ1) is 12.3. The number of hydrogen-bond acceptors (Lipinski definition) is 3. The summed E-state index contributed by atoms with van der Waals surface area (Å²) in [5, 5.41) is 0. The summed E-state index contributed by atoms with van der Waals surface area (Å²) in [4.78, 5) is 11.5. The van der Waals surface area contributed by atoms with Crippen LogP contribution >= 0.6 is 23.2 Å². The summed E-state index contributed by atoms with van der Waals surface area (Å²) >= 11 is 11.5. The van der Waals surface area contributed by atoms with Crippen LogP contribution in [0.4, 0.5) is 4.79 Å². The minimum atomic E-state index is -0.616. The molecule has 5 heteroatoms. The molecule has 0 amide bonds. The summed E-state index contributed by atoms with van der Waals surface area (Å²) in [6.45, 7) is 0. The third kappa shape index (κ3) is 3.42. The van der Waals surface area contributed by atoms with Crippen LogP contribution in [-0.2, 0) is 9.47 Å². The predicted octanol–water partition coefficient (Wildman–Crippen LogP) is 3.17. The second kappa shape index (κ2) is 5.46. The highest BCUT2D eigenvalue weighted by atomic mass is 35.5. The Hall–Kier alpha value is -0.150. The van der Waals surface area contributed by atoms with E-state index >= 15 is 0 Å².